The highest BCUT2D eigenvalue weighted by Gasteiger charge is 2.05. The van der Waals surface area contributed by atoms with Crippen LogP contribution in [-0.4, -0.2) is 9.78 Å². The number of nitrogens with zero attached hydrogens (tertiary/aromatic N) is 2. The van der Waals surface area contributed by atoms with Gasteiger partial charge in [0.25, 0.3) is 5.56 Å². The van der Waals surface area contributed by atoms with E-state index < -0.39 is 0 Å². The molecule has 1 heterocycles. The topological polar surface area (TPSA) is 34.9 Å². The summed E-state index contributed by atoms with van der Waals surface area (Å²) >= 11 is 6.48. The molecule has 1 aromatic rings. The number of hydrogen-bond donors (Lipinski definition) is 0. The van der Waals surface area contributed by atoms with Crippen LogP contribution < -0.4 is 5.56 Å². The van der Waals surface area contributed by atoms with E-state index in [0.717, 1.165) is 12.8 Å². The molecule has 0 spiro atoms. The van der Waals surface area contributed by atoms with E-state index in [4.69, 9.17) is 0 Å². The molecular formula is C10H14Br2N2O. The Morgan fingerprint density at radius 3 is 2.73 bits per heavy atom. The van der Waals surface area contributed by atoms with Gasteiger partial charge in [-0.25, -0.2) is 4.68 Å². The lowest BCUT2D eigenvalue weighted by Crippen LogP contribution is -2.23. The maximum absolute atomic E-state index is 11.7. The molecule has 5 heteroatoms. The van der Waals surface area contributed by atoms with E-state index in [9.17, 15) is 4.79 Å². The van der Waals surface area contributed by atoms with Gasteiger partial charge in [-0.3, -0.25) is 4.79 Å². The van der Waals surface area contributed by atoms with Gasteiger partial charge in [0.15, 0.2) is 0 Å². The Kier molecular flexibility index (Phi) is 5.53. The standard InChI is InChI=1S/C10H14Br2N2O/c1-2-3-4-5-6-14-10(15)9(12)8(11)7-13-14/h7H,2-6H2,1H3. The number of aromatic nitrogens is 2. The van der Waals surface area contributed by atoms with Crippen LogP contribution in [0.1, 0.15) is 32.6 Å². The van der Waals surface area contributed by atoms with Crippen molar-refractivity contribution in [2.24, 2.45) is 0 Å². The van der Waals surface area contributed by atoms with E-state index in [2.05, 4.69) is 43.9 Å². The van der Waals surface area contributed by atoms with Gasteiger partial charge in [0.1, 0.15) is 4.47 Å². The fourth-order valence-electron chi connectivity index (χ4n) is 1.29. The van der Waals surface area contributed by atoms with Gasteiger partial charge in [-0.1, -0.05) is 26.2 Å². The zero-order valence-corrected chi connectivity index (χ0v) is 11.8. The maximum atomic E-state index is 11.7. The van der Waals surface area contributed by atoms with Crippen LogP contribution >= 0.6 is 31.9 Å². The third-order valence-electron chi connectivity index (χ3n) is 2.17. The van der Waals surface area contributed by atoms with Crippen molar-refractivity contribution in [3.63, 3.8) is 0 Å². The predicted octanol–water partition coefficient (Wildman–Crippen LogP) is 3.35. The Bertz CT molecular complexity index is 376. The molecule has 0 fully saturated rings. The molecule has 15 heavy (non-hydrogen) atoms. The molecule has 0 radical (unpaired) electrons. The zero-order chi connectivity index (χ0) is 11.3. The van der Waals surface area contributed by atoms with Crippen LogP contribution in [0.5, 0.6) is 0 Å². The third-order valence-corrected chi connectivity index (χ3v) is 4.07. The van der Waals surface area contributed by atoms with Crippen LogP contribution in [0.25, 0.3) is 0 Å². The first-order valence-electron chi connectivity index (χ1n) is 5.08. The van der Waals surface area contributed by atoms with Gasteiger partial charge in [-0.2, -0.15) is 5.10 Å². The second kappa shape index (κ2) is 6.43. The second-order valence-corrected chi connectivity index (χ2v) is 5.04. The van der Waals surface area contributed by atoms with E-state index >= 15 is 0 Å². The molecule has 3 nitrogen and oxygen atoms in total. The maximum Gasteiger partial charge on any atom is 0.282 e. The third kappa shape index (κ3) is 3.72. The molecule has 0 aliphatic rings. The average molecular weight is 338 g/mol. The van der Waals surface area contributed by atoms with Gasteiger partial charge >= 0.3 is 0 Å². The normalized spacial score (nSPS) is 10.6. The molecule has 0 saturated carbocycles. The summed E-state index contributed by atoms with van der Waals surface area (Å²) in [5.74, 6) is 0. The van der Waals surface area contributed by atoms with Crippen molar-refractivity contribution in [1.82, 2.24) is 9.78 Å². The summed E-state index contributed by atoms with van der Waals surface area (Å²) in [6.45, 7) is 2.87. The fourth-order valence-corrected chi connectivity index (χ4v) is 1.86. The smallest absolute Gasteiger partial charge is 0.266 e. The number of halogens is 2. The largest absolute Gasteiger partial charge is 0.282 e. The van der Waals surface area contributed by atoms with Crippen molar-refractivity contribution in [3.05, 3.63) is 25.5 Å². The van der Waals surface area contributed by atoms with E-state index in [1.54, 1.807) is 6.20 Å². The van der Waals surface area contributed by atoms with Crippen molar-refractivity contribution < 1.29 is 0 Å². The Hall–Kier alpha value is -0.160. The fraction of sp³-hybridized carbons (Fsp3) is 0.600. The monoisotopic (exact) mass is 336 g/mol. The average Bonchev–Trinajstić information content (AvgIpc) is 2.24. The summed E-state index contributed by atoms with van der Waals surface area (Å²) in [5.41, 5.74) is -0.0686. The van der Waals surface area contributed by atoms with Crippen LogP contribution in [0.3, 0.4) is 0 Å². The Labute approximate surface area is 106 Å². The van der Waals surface area contributed by atoms with Crippen molar-refractivity contribution in [2.45, 2.75) is 39.2 Å². The van der Waals surface area contributed by atoms with Crippen LogP contribution in [0.15, 0.2) is 19.9 Å². The molecule has 0 bridgehead atoms. The van der Waals surface area contributed by atoms with Crippen LogP contribution in [-0.2, 0) is 6.54 Å². The second-order valence-electron chi connectivity index (χ2n) is 3.40. The molecule has 0 aromatic carbocycles. The summed E-state index contributed by atoms with van der Waals surface area (Å²) in [6, 6.07) is 0. The Morgan fingerprint density at radius 1 is 1.33 bits per heavy atom. The first-order chi connectivity index (χ1) is 7.16. The quantitative estimate of drug-likeness (QED) is 0.772. The molecule has 0 saturated heterocycles. The van der Waals surface area contributed by atoms with E-state index in [1.807, 2.05) is 0 Å². The lowest BCUT2D eigenvalue weighted by Gasteiger charge is -2.04. The molecular weight excluding hydrogens is 324 g/mol. The van der Waals surface area contributed by atoms with Crippen molar-refractivity contribution in [1.29, 1.82) is 0 Å². The van der Waals surface area contributed by atoms with Crippen LogP contribution in [0.2, 0.25) is 0 Å². The molecule has 0 atom stereocenters. The molecule has 1 rings (SSSR count). The highest BCUT2D eigenvalue weighted by Crippen LogP contribution is 2.16. The van der Waals surface area contributed by atoms with Gasteiger partial charge in [0, 0.05) is 6.54 Å². The number of unbranched alkanes of at least 4 members (excludes halogenated alkanes) is 3. The molecule has 0 unspecified atom stereocenters. The number of rotatable bonds is 5. The van der Waals surface area contributed by atoms with E-state index in [1.165, 1.54) is 17.5 Å². The minimum atomic E-state index is -0.0686. The molecule has 84 valence electrons. The summed E-state index contributed by atoms with van der Waals surface area (Å²) in [6.07, 6.45) is 6.22. The van der Waals surface area contributed by atoms with Gasteiger partial charge in [0.05, 0.1) is 10.7 Å². The molecule has 1 aromatic heterocycles. The summed E-state index contributed by atoms with van der Waals surface area (Å²) < 4.78 is 2.76. The van der Waals surface area contributed by atoms with E-state index in [-0.39, 0.29) is 5.56 Å². The van der Waals surface area contributed by atoms with Crippen molar-refractivity contribution in [2.75, 3.05) is 0 Å². The highest BCUT2D eigenvalue weighted by molar-refractivity contribution is 9.13. The van der Waals surface area contributed by atoms with Gasteiger partial charge < -0.3 is 0 Å². The SMILES string of the molecule is CCCCCCn1ncc(Br)c(Br)c1=O. The molecule has 0 amide bonds. The summed E-state index contributed by atoms with van der Waals surface area (Å²) in [4.78, 5) is 11.7. The van der Waals surface area contributed by atoms with Gasteiger partial charge in [-0.05, 0) is 38.3 Å². The van der Waals surface area contributed by atoms with E-state index in [0.29, 0.717) is 15.5 Å². The molecule has 0 aliphatic carbocycles. The van der Waals surface area contributed by atoms with Crippen molar-refractivity contribution in [3.8, 4) is 0 Å². The first-order valence-corrected chi connectivity index (χ1v) is 6.66. The molecule has 0 aliphatic heterocycles. The Balaban J connectivity index is 2.63. The summed E-state index contributed by atoms with van der Waals surface area (Å²) in [5, 5.41) is 4.06. The number of hydrogen-bond acceptors (Lipinski definition) is 2. The lowest BCUT2D eigenvalue weighted by atomic mass is 10.2. The first kappa shape index (κ1) is 12.9. The minimum Gasteiger partial charge on any atom is -0.266 e. The highest BCUT2D eigenvalue weighted by atomic mass is 79.9. The Morgan fingerprint density at radius 2 is 2.07 bits per heavy atom. The zero-order valence-electron chi connectivity index (χ0n) is 8.67. The summed E-state index contributed by atoms with van der Waals surface area (Å²) in [7, 11) is 0. The number of aryl methyl sites for hydroxylation is 1. The van der Waals surface area contributed by atoms with Gasteiger partial charge in [-0.15, -0.1) is 0 Å². The van der Waals surface area contributed by atoms with Crippen molar-refractivity contribution >= 4 is 31.9 Å². The minimum absolute atomic E-state index is 0.0686. The van der Waals surface area contributed by atoms with Gasteiger partial charge in [0.2, 0.25) is 0 Å². The molecule has 0 N–H and O–H groups in total. The van der Waals surface area contributed by atoms with Crippen LogP contribution in [0, 0.1) is 0 Å². The lowest BCUT2D eigenvalue weighted by molar-refractivity contribution is 0.516. The van der Waals surface area contributed by atoms with Crippen LogP contribution in [0.4, 0.5) is 0 Å². The predicted molar refractivity (Wildman–Crippen MR) is 68.0 cm³/mol.